The summed E-state index contributed by atoms with van der Waals surface area (Å²) in [6.45, 7) is 0. The zero-order valence-corrected chi connectivity index (χ0v) is 15.0. The first-order valence-electron chi connectivity index (χ1n) is 7.41. The Bertz CT molecular complexity index is 797. The predicted octanol–water partition coefficient (Wildman–Crippen LogP) is 4.69. The Labute approximate surface area is 149 Å². The molecule has 3 aromatic rings. The van der Waals surface area contributed by atoms with E-state index in [9.17, 15) is 0 Å². The number of halogens is 1. The van der Waals surface area contributed by atoms with E-state index in [0.717, 1.165) is 21.7 Å². The molecule has 0 fully saturated rings. The zero-order valence-electron chi connectivity index (χ0n) is 12.5. The van der Waals surface area contributed by atoms with Gasteiger partial charge in [0.2, 0.25) is 0 Å². The van der Waals surface area contributed by atoms with Gasteiger partial charge in [-0.25, -0.2) is 0 Å². The summed E-state index contributed by atoms with van der Waals surface area (Å²) < 4.78 is 1.01. The van der Waals surface area contributed by atoms with Crippen molar-refractivity contribution in [3.8, 4) is 0 Å². The topological polar surface area (TPSA) is 12.0 Å². The second kappa shape index (κ2) is 7.61. The van der Waals surface area contributed by atoms with Gasteiger partial charge in [-0.1, -0.05) is 0 Å². The van der Waals surface area contributed by atoms with E-state index in [1.165, 1.54) is 16.7 Å². The number of hydrogen-bond donors (Lipinski definition) is 1. The fourth-order valence-electron chi connectivity index (χ4n) is 2.44. The molecule has 1 nitrogen and oxygen atoms in total. The van der Waals surface area contributed by atoms with Crippen molar-refractivity contribution in [1.82, 2.24) is 0 Å². The van der Waals surface area contributed by atoms with Crippen LogP contribution >= 0.6 is 11.6 Å². The van der Waals surface area contributed by atoms with Crippen molar-refractivity contribution in [3.63, 3.8) is 0 Å². The number of hydrogen-bond acceptors (Lipinski definition) is 1. The molecular weight excluding hydrogens is 369 g/mol. The standard InChI is InChI=1S/C20H16ClNSe/c21-17-10-12-18(13-11-17)22-20(23)19-9-5-4-8-16(19)14-15-6-2-1-3-7-15/h1-13H,14H2,(H,22,23). The van der Waals surface area contributed by atoms with E-state index in [-0.39, 0.29) is 0 Å². The third-order valence-corrected chi connectivity index (χ3v) is 4.53. The number of anilines is 1. The van der Waals surface area contributed by atoms with Gasteiger partial charge < -0.3 is 0 Å². The maximum atomic E-state index is 5.94. The molecule has 3 aromatic carbocycles. The van der Waals surface area contributed by atoms with Crippen LogP contribution in [0, 0.1) is 0 Å². The third kappa shape index (κ3) is 4.33. The van der Waals surface area contributed by atoms with Gasteiger partial charge >= 0.3 is 150 Å². The molecule has 0 aromatic heterocycles. The molecule has 114 valence electrons. The molecule has 0 unspecified atom stereocenters. The van der Waals surface area contributed by atoms with E-state index in [0.29, 0.717) is 0 Å². The van der Waals surface area contributed by atoms with E-state index >= 15 is 0 Å². The molecule has 0 amide bonds. The van der Waals surface area contributed by atoms with E-state index in [4.69, 9.17) is 11.6 Å². The van der Waals surface area contributed by atoms with E-state index in [1.807, 2.05) is 30.3 Å². The van der Waals surface area contributed by atoms with Crippen LogP contribution in [0.1, 0.15) is 16.7 Å². The first-order valence-corrected chi connectivity index (χ1v) is 8.64. The SMILES string of the molecule is Clc1ccc(NC(=[Se])c2ccccc2Cc2ccccc2)cc1. The monoisotopic (exact) mass is 385 g/mol. The first-order chi connectivity index (χ1) is 11.2. The summed E-state index contributed by atoms with van der Waals surface area (Å²) in [7, 11) is 0. The molecule has 0 aliphatic heterocycles. The maximum absolute atomic E-state index is 5.94. The van der Waals surface area contributed by atoms with Crippen LogP contribution in [0.15, 0.2) is 78.9 Å². The molecule has 0 saturated heterocycles. The van der Waals surface area contributed by atoms with Crippen LogP contribution in [0.4, 0.5) is 5.69 Å². The van der Waals surface area contributed by atoms with Crippen LogP contribution in [0.3, 0.4) is 0 Å². The Morgan fingerprint density at radius 2 is 1.48 bits per heavy atom. The number of nitrogens with one attached hydrogen (secondary N) is 1. The average molecular weight is 385 g/mol. The molecular formula is C20H16ClNSe. The summed E-state index contributed by atoms with van der Waals surface area (Å²) in [6.07, 6.45) is 0.907. The third-order valence-electron chi connectivity index (χ3n) is 3.60. The fraction of sp³-hybridized carbons (Fsp3) is 0.0500. The predicted molar refractivity (Wildman–Crippen MR) is 101 cm³/mol. The van der Waals surface area contributed by atoms with Crippen LogP contribution in [0.5, 0.6) is 0 Å². The summed E-state index contributed by atoms with van der Waals surface area (Å²) >= 11 is 9.09. The van der Waals surface area contributed by atoms with Crippen molar-refractivity contribution < 1.29 is 0 Å². The zero-order chi connectivity index (χ0) is 16.1. The van der Waals surface area contributed by atoms with Crippen LogP contribution in [0.25, 0.3) is 0 Å². The van der Waals surface area contributed by atoms with Crippen molar-refractivity contribution in [2.24, 2.45) is 0 Å². The summed E-state index contributed by atoms with van der Waals surface area (Å²) in [5.74, 6) is 0. The van der Waals surface area contributed by atoms with Gasteiger partial charge in [-0.3, -0.25) is 0 Å². The van der Waals surface area contributed by atoms with Crippen molar-refractivity contribution in [3.05, 3.63) is 101 Å². The van der Waals surface area contributed by atoms with Crippen LogP contribution in [-0.4, -0.2) is 20.1 Å². The second-order valence-electron chi connectivity index (χ2n) is 5.28. The molecule has 0 heterocycles. The summed E-state index contributed by atoms with van der Waals surface area (Å²) in [6, 6.07) is 26.7. The Morgan fingerprint density at radius 1 is 0.826 bits per heavy atom. The van der Waals surface area contributed by atoms with E-state index < -0.39 is 0 Å². The van der Waals surface area contributed by atoms with Crippen molar-refractivity contribution >= 4 is 37.4 Å². The minimum atomic E-state index is 0.738. The van der Waals surface area contributed by atoms with Crippen LogP contribution in [0.2, 0.25) is 5.02 Å². The Morgan fingerprint density at radius 3 is 2.22 bits per heavy atom. The van der Waals surface area contributed by atoms with Crippen molar-refractivity contribution in [2.45, 2.75) is 6.42 Å². The molecule has 0 spiro atoms. The van der Waals surface area contributed by atoms with Gasteiger partial charge in [0.1, 0.15) is 0 Å². The molecule has 0 aliphatic carbocycles. The van der Waals surface area contributed by atoms with Crippen LogP contribution in [-0.2, 0) is 6.42 Å². The fourth-order valence-corrected chi connectivity index (χ4v) is 3.23. The molecule has 0 radical (unpaired) electrons. The Kier molecular flexibility index (Phi) is 5.30. The van der Waals surface area contributed by atoms with Gasteiger partial charge in [0, 0.05) is 0 Å². The van der Waals surface area contributed by atoms with Gasteiger partial charge in [0.25, 0.3) is 0 Å². The van der Waals surface area contributed by atoms with E-state index in [1.54, 1.807) is 0 Å². The molecule has 3 rings (SSSR count). The molecule has 23 heavy (non-hydrogen) atoms. The van der Waals surface area contributed by atoms with Gasteiger partial charge in [-0.2, -0.15) is 0 Å². The van der Waals surface area contributed by atoms with Crippen molar-refractivity contribution in [2.75, 3.05) is 5.32 Å². The molecule has 0 bridgehead atoms. The Balaban J connectivity index is 1.82. The molecule has 0 saturated carbocycles. The molecule has 0 aliphatic rings. The van der Waals surface area contributed by atoms with E-state index in [2.05, 4.69) is 69.4 Å². The van der Waals surface area contributed by atoms with Gasteiger partial charge in [0.05, 0.1) is 0 Å². The summed E-state index contributed by atoms with van der Waals surface area (Å²) in [4.78, 5) is 0. The van der Waals surface area contributed by atoms with Crippen LogP contribution < -0.4 is 5.32 Å². The van der Waals surface area contributed by atoms with Gasteiger partial charge in [-0.05, 0) is 0 Å². The number of rotatable bonds is 5. The molecule has 1 N–H and O–H groups in total. The normalized spacial score (nSPS) is 10.3. The molecule has 3 heteroatoms. The van der Waals surface area contributed by atoms with Crippen molar-refractivity contribution in [1.29, 1.82) is 0 Å². The average Bonchev–Trinajstić information content (AvgIpc) is 2.58. The quantitative estimate of drug-likeness (QED) is 0.629. The van der Waals surface area contributed by atoms with Gasteiger partial charge in [-0.15, -0.1) is 0 Å². The second-order valence-corrected chi connectivity index (χ2v) is 6.57. The molecule has 0 atom stereocenters. The first kappa shape index (κ1) is 16.0. The summed E-state index contributed by atoms with van der Waals surface area (Å²) in [5.41, 5.74) is 4.79. The summed E-state index contributed by atoms with van der Waals surface area (Å²) in [5, 5.41) is 4.15. The number of benzene rings is 3. The van der Waals surface area contributed by atoms with Gasteiger partial charge in [0.15, 0.2) is 0 Å². The minimum absolute atomic E-state index is 0.738. The Hall–Kier alpha value is -1.86.